The standard InChI is InChI=1S/C21H22N2O2S/c1-2-16(17-7-4-3-5-8-17)12-22-21(24)18-9-6-10-20(11-18)25-13-19-14-26-15-23-19/h3-11,14-16H,2,12-13H2,1H3,(H,22,24)/t16-/m0/s1. The number of nitrogens with zero attached hydrogens (tertiary/aromatic N) is 1. The molecule has 0 saturated heterocycles. The van der Waals surface area contributed by atoms with Gasteiger partial charge in [-0.3, -0.25) is 4.79 Å². The monoisotopic (exact) mass is 366 g/mol. The molecule has 0 aliphatic rings. The van der Waals surface area contributed by atoms with Crippen molar-refractivity contribution in [1.29, 1.82) is 0 Å². The van der Waals surface area contributed by atoms with E-state index in [4.69, 9.17) is 4.74 Å². The van der Waals surface area contributed by atoms with Gasteiger partial charge >= 0.3 is 0 Å². The molecule has 3 rings (SSSR count). The molecule has 1 heterocycles. The van der Waals surface area contributed by atoms with Gasteiger partial charge in [-0.2, -0.15) is 0 Å². The first-order valence-corrected chi connectivity index (χ1v) is 9.63. The van der Waals surface area contributed by atoms with E-state index in [-0.39, 0.29) is 5.91 Å². The van der Waals surface area contributed by atoms with Crippen molar-refractivity contribution >= 4 is 17.2 Å². The predicted octanol–water partition coefficient (Wildman–Crippen LogP) is 4.65. The third kappa shape index (κ3) is 4.92. The number of carbonyl (C=O) groups excluding carboxylic acids is 1. The fourth-order valence-corrected chi connectivity index (χ4v) is 3.28. The van der Waals surface area contributed by atoms with E-state index in [0.717, 1.165) is 12.1 Å². The SMILES string of the molecule is CC[C@@H](CNC(=O)c1cccc(OCc2cscn2)c1)c1ccccc1. The van der Waals surface area contributed by atoms with Crippen LogP contribution in [0.15, 0.2) is 65.5 Å². The molecule has 1 N–H and O–H groups in total. The zero-order valence-electron chi connectivity index (χ0n) is 14.7. The van der Waals surface area contributed by atoms with E-state index < -0.39 is 0 Å². The highest BCUT2D eigenvalue weighted by molar-refractivity contribution is 7.07. The summed E-state index contributed by atoms with van der Waals surface area (Å²) < 4.78 is 5.72. The molecule has 3 aromatic rings. The van der Waals surface area contributed by atoms with Gasteiger partial charge in [0.1, 0.15) is 12.4 Å². The summed E-state index contributed by atoms with van der Waals surface area (Å²) in [6.07, 6.45) is 0.973. The Kier molecular flexibility index (Phi) is 6.39. The van der Waals surface area contributed by atoms with Gasteiger partial charge in [-0.15, -0.1) is 11.3 Å². The normalized spacial score (nSPS) is 11.7. The minimum atomic E-state index is -0.0847. The Balaban J connectivity index is 1.58. The molecule has 0 fully saturated rings. The lowest BCUT2D eigenvalue weighted by Crippen LogP contribution is -2.28. The molecule has 0 saturated carbocycles. The van der Waals surface area contributed by atoms with Crippen LogP contribution in [0, 0.1) is 0 Å². The van der Waals surface area contributed by atoms with Gasteiger partial charge in [0, 0.05) is 23.4 Å². The molecule has 4 nitrogen and oxygen atoms in total. The third-order valence-corrected chi connectivity index (χ3v) is 4.87. The smallest absolute Gasteiger partial charge is 0.251 e. The number of thiazole rings is 1. The number of rotatable bonds is 8. The van der Waals surface area contributed by atoms with Crippen molar-refractivity contribution in [2.24, 2.45) is 0 Å². The molecule has 1 amide bonds. The molecule has 0 radical (unpaired) electrons. The van der Waals surface area contributed by atoms with E-state index in [2.05, 4.69) is 29.4 Å². The molecular weight excluding hydrogens is 344 g/mol. The maximum atomic E-state index is 12.5. The van der Waals surface area contributed by atoms with Crippen LogP contribution in [0.2, 0.25) is 0 Å². The quantitative estimate of drug-likeness (QED) is 0.631. The summed E-state index contributed by atoms with van der Waals surface area (Å²) >= 11 is 1.54. The summed E-state index contributed by atoms with van der Waals surface area (Å²) in [5.41, 5.74) is 4.51. The first kappa shape index (κ1) is 18.1. The first-order valence-electron chi connectivity index (χ1n) is 8.69. The van der Waals surface area contributed by atoms with Crippen LogP contribution in [0.5, 0.6) is 5.75 Å². The highest BCUT2D eigenvalue weighted by atomic mass is 32.1. The highest BCUT2D eigenvalue weighted by Gasteiger charge is 2.12. The highest BCUT2D eigenvalue weighted by Crippen LogP contribution is 2.19. The summed E-state index contributed by atoms with van der Waals surface area (Å²) in [7, 11) is 0. The van der Waals surface area contributed by atoms with Crippen molar-refractivity contribution in [3.05, 3.63) is 82.3 Å². The average molecular weight is 366 g/mol. The molecule has 5 heteroatoms. The molecule has 0 spiro atoms. The number of aromatic nitrogens is 1. The molecule has 0 aliphatic carbocycles. The lowest BCUT2D eigenvalue weighted by molar-refractivity contribution is 0.0950. The molecular formula is C21H22N2O2S. The third-order valence-electron chi connectivity index (χ3n) is 4.24. The Morgan fingerprint density at radius 3 is 2.77 bits per heavy atom. The fraction of sp³-hybridized carbons (Fsp3) is 0.238. The van der Waals surface area contributed by atoms with Crippen molar-refractivity contribution in [1.82, 2.24) is 10.3 Å². The Morgan fingerprint density at radius 2 is 2.04 bits per heavy atom. The summed E-state index contributed by atoms with van der Waals surface area (Å²) in [5.74, 6) is 0.892. The van der Waals surface area contributed by atoms with Crippen molar-refractivity contribution in [3.63, 3.8) is 0 Å². The number of benzene rings is 2. The number of hydrogen-bond donors (Lipinski definition) is 1. The minimum Gasteiger partial charge on any atom is -0.487 e. The Morgan fingerprint density at radius 1 is 1.19 bits per heavy atom. The number of nitrogens with one attached hydrogen (secondary N) is 1. The zero-order valence-corrected chi connectivity index (χ0v) is 15.5. The summed E-state index contributed by atoms with van der Waals surface area (Å²) in [6.45, 7) is 3.15. The molecule has 26 heavy (non-hydrogen) atoms. The van der Waals surface area contributed by atoms with Gasteiger partial charge in [0.2, 0.25) is 0 Å². The average Bonchev–Trinajstić information content (AvgIpc) is 3.21. The molecule has 0 aliphatic heterocycles. The molecule has 0 unspecified atom stereocenters. The van der Waals surface area contributed by atoms with E-state index in [1.165, 1.54) is 16.9 Å². The van der Waals surface area contributed by atoms with E-state index in [1.54, 1.807) is 17.6 Å². The fourth-order valence-electron chi connectivity index (χ4n) is 2.73. The van der Waals surface area contributed by atoms with Crippen LogP contribution < -0.4 is 10.1 Å². The number of amides is 1. The topological polar surface area (TPSA) is 51.2 Å². The second kappa shape index (κ2) is 9.15. The van der Waals surface area contributed by atoms with Crippen LogP contribution in [0.1, 0.15) is 40.9 Å². The van der Waals surface area contributed by atoms with Crippen molar-refractivity contribution in [3.8, 4) is 5.75 Å². The van der Waals surface area contributed by atoms with Crippen LogP contribution in [0.25, 0.3) is 0 Å². The number of hydrogen-bond acceptors (Lipinski definition) is 4. The Bertz CT molecular complexity index is 819. The van der Waals surface area contributed by atoms with Gasteiger partial charge in [-0.1, -0.05) is 43.3 Å². The largest absolute Gasteiger partial charge is 0.487 e. The zero-order chi connectivity index (χ0) is 18.2. The maximum Gasteiger partial charge on any atom is 0.251 e. The van der Waals surface area contributed by atoms with Gasteiger partial charge < -0.3 is 10.1 Å². The van der Waals surface area contributed by atoms with Crippen LogP contribution in [-0.2, 0) is 6.61 Å². The number of carbonyl (C=O) groups is 1. The van der Waals surface area contributed by atoms with Crippen LogP contribution in [0.3, 0.4) is 0 Å². The Labute approximate surface area is 157 Å². The number of ether oxygens (including phenoxy) is 1. The predicted molar refractivity (Wildman–Crippen MR) is 105 cm³/mol. The lowest BCUT2D eigenvalue weighted by Gasteiger charge is -2.16. The van der Waals surface area contributed by atoms with Crippen LogP contribution in [-0.4, -0.2) is 17.4 Å². The molecule has 0 bridgehead atoms. The van der Waals surface area contributed by atoms with Gasteiger partial charge in [0.25, 0.3) is 5.91 Å². The van der Waals surface area contributed by atoms with E-state index in [0.29, 0.717) is 30.4 Å². The second-order valence-electron chi connectivity index (χ2n) is 6.02. The summed E-state index contributed by atoms with van der Waals surface area (Å²) in [4.78, 5) is 16.7. The van der Waals surface area contributed by atoms with Gasteiger partial charge in [-0.05, 0) is 30.2 Å². The van der Waals surface area contributed by atoms with Gasteiger partial charge in [0.15, 0.2) is 0 Å². The molecule has 134 valence electrons. The van der Waals surface area contributed by atoms with Gasteiger partial charge in [-0.25, -0.2) is 4.98 Å². The van der Waals surface area contributed by atoms with Crippen LogP contribution >= 0.6 is 11.3 Å². The van der Waals surface area contributed by atoms with Crippen molar-refractivity contribution < 1.29 is 9.53 Å². The maximum absolute atomic E-state index is 12.5. The minimum absolute atomic E-state index is 0.0847. The second-order valence-corrected chi connectivity index (χ2v) is 6.74. The van der Waals surface area contributed by atoms with E-state index in [1.807, 2.05) is 35.7 Å². The van der Waals surface area contributed by atoms with Gasteiger partial charge in [0.05, 0.1) is 11.2 Å². The van der Waals surface area contributed by atoms with E-state index in [9.17, 15) is 4.79 Å². The lowest BCUT2D eigenvalue weighted by atomic mass is 9.96. The summed E-state index contributed by atoms with van der Waals surface area (Å²) in [6, 6.07) is 17.5. The first-order chi connectivity index (χ1) is 12.8. The molecule has 1 aromatic heterocycles. The van der Waals surface area contributed by atoms with Crippen LogP contribution in [0.4, 0.5) is 0 Å². The van der Waals surface area contributed by atoms with Crippen molar-refractivity contribution in [2.75, 3.05) is 6.54 Å². The molecule has 2 aromatic carbocycles. The van der Waals surface area contributed by atoms with Crippen molar-refractivity contribution in [2.45, 2.75) is 25.9 Å². The van der Waals surface area contributed by atoms with E-state index >= 15 is 0 Å². The summed E-state index contributed by atoms with van der Waals surface area (Å²) in [5, 5.41) is 4.99. The molecule has 1 atom stereocenters. The Hall–Kier alpha value is -2.66.